The largest absolute Gasteiger partial charge is 0.383 e. The highest BCUT2D eigenvalue weighted by atomic mass is 35.5. The molecule has 35 heavy (non-hydrogen) atoms. The second-order valence-corrected chi connectivity index (χ2v) is 8.72. The summed E-state index contributed by atoms with van der Waals surface area (Å²) in [6.45, 7) is 2.33. The Kier molecular flexibility index (Phi) is 4.93. The van der Waals surface area contributed by atoms with Crippen LogP contribution in [0.25, 0.3) is 44.6 Å². The van der Waals surface area contributed by atoms with Crippen molar-refractivity contribution in [3.63, 3.8) is 0 Å². The second-order valence-electron chi connectivity index (χ2n) is 8.31. The summed E-state index contributed by atoms with van der Waals surface area (Å²) < 4.78 is 3.49. The van der Waals surface area contributed by atoms with Crippen LogP contribution in [0.2, 0.25) is 5.02 Å². The van der Waals surface area contributed by atoms with E-state index in [1.54, 1.807) is 15.6 Å². The van der Waals surface area contributed by atoms with Crippen molar-refractivity contribution < 1.29 is 0 Å². The van der Waals surface area contributed by atoms with Crippen LogP contribution in [0.5, 0.6) is 0 Å². The molecule has 0 amide bonds. The Labute approximate surface area is 205 Å². The molecule has 0 bridgehead atoms. The normalized spacial score (nSPS) is 11.5. The number of hydrogen-bond donors (Lipinski definition) is 1. The van der Waals surface area contributed by atoms with Gasteiger partial charge >= 0.3 is 0 Å². The molecule has 0 aliphatic heterocycles. The predicted octanol–water partition coefficient (Wildman–Crippen LogP) is 4.43. The van der Waals surface area contributed by atoms with Gasteiger partial charge in [-0.1, -0.05) is 41.9 Å². The summed E-state index contributed by atoms with van der Waals surface area (Å²) in [4.78, 5) is 18.7. The first-order valence-electron chi connectivity index (χ1n) is 11.0. The number of aryl methyl sites for hydroxylation is 2. The van der Waals surface area contributed by atoms with Crippen molar-refractivity contribution in [3.8, 4) is 22.5 Å². The first-order valence-corrected chi connectivity index (χ1v) is 11.3. The Hall–Kier alpha value is -4.37. The fraction of sp³-hybridized carbons (Fsp3) is 0.120. The third-order valence-electron chi connectivity index (χ3n) is 5.93. The van der Waals surface area contributed by atoms with Crippen molar-refractivity contribution in [3.05, 3.63) is 77.5 Å². The zero-order valence-corrected chi connectivity index (χ0v) is 19.8. The summed E-state index contributed by atoms with van der Waals surface area (Å²) in [7, 11) is 1.85. The number of rotatable bonds is 4. The van der Waals surface area contributed by atoms with E-state index in [2.05, 4.69) is 15.1 Å². The van der Waals surface area contributed by atoms with Crippen molar-refractivity contribution in [1.82, 2.24) is 39.5 Å². The number of nitrogens with two attached hydrogens (primary N) is 1. The molecule has 0 saturated carbocycles. The van der Waals surface area contributed by atoms with E-state index in [1.165, 1.54) is 6.33 Å². The molecular weight excluding hydrogens is 462 g/mol. The third kappa shape index (κ3) is 3.57. The lowest BCUT2D eigenvalue weighted by Gasteiger charge is -2.13. The molecule has 9 nitrogen and oxygen atoms in total. The van der Waals surface area contributed by atoms with Crippen LogP contribution in [0.15, 0.2) is 61.2 Å². The van der Waals surface area contributed by atoms with Crippen LogP contribution < -0.4 is 5.73 Å². The number of aromatic nitrogens is 8. The van der Waals surface area contributed by atoms with Gasteiger partial charge in [-0.2, -0.15) is 10.2 Å². The Morgan fingerprint density at radius 3 is 2.66 bits per heavy atom. The second kappa shape index (κ2) is 8.14. The van der Waals surface area contributed by atoms with Crippen LogP contribution in [0.1, 0.15) is 11.3 Å². The van der Waals surface area contributed by atoms with Gasteiger partial charge in [0, 0.05) is 24.4 Å². The lowest BCUT2D eigenvalue weighted by Crippen LogP contribution is -2.09. The number of halogens is 1. The lowest BCUT2D eigenvalue weighted by molar-refractivity contribution is 0.692. The van der Waals surface area contributed by atoms with Gasteiger partial charge in [0.25, 0.3) is 0 Å². The number of nitrogen functional groups attached to an aromatic ring is 1. The standard InChI is InChI=1S/C25H20ClN9/c1-14-6-5-9-18-21(14)32-23(16-7-3-4-8-17(16)26)19(31-18)12-35-25-20(24(27)28-13-29-25)22(33-35)15-10-30-34(2)11-15/h3-11,13H,12H2,1-2H3,(H2,27,28,29). The molecule has 4 aromatic heterocycles. The first-order chi connectivity index (χ1) is 17.0. The Balaban J connectivity index is 1.59. The van der Waals surface area contributed by atoms with E-state index in [1.807, 2.05) is 62.6 Å². The first kappa shape index (κ1) is 21.2. The van der Waals surface area contributed by atoms with Gasteiger partial charge in [0.15, 0.2) is 5.65 Å². The van der Waals surface area contributed by atoms with E-state index in [4.69, 9.17) is 32.4 Å². The molecule has 0 atom stereocenters. The average Bonchev–Trinajstić information content (AvgIpc) is 3.44. The summed E-state index contributed by atoms with van der Waals surface area (Å²) in [5.41, 5.74) is 13.2. The molecule has 6 aromatic rings. The van der Waals surface area contributed by atoms with E-state index >= 15 is 0 Å². The molecule has 0 aliphatic carbocycles. The van der Waals surface area contributed by atoms with Gasteiger partial charge in [0.2, 0.25) is 0 Å². The molecule has 0 spiro atoms. The van der Waals surface area contributed by atoms with Crippen molar-refractivity contribution in [1.29, 1.82) is 0 Å². The van der Waals surface area contributed by atoms with Gasteiger partial charge in [-0.3, -0.25) is 4.68 Å². The average molecular weight is 482 g/mol. The Morgan fingerprint density at radius 1 is 1.00 bits per heavy atom. The SMILES string of the molecule is Cc1cccc2nc(Cn3nc(-c4cnn(C)c4)c4c(N)ncnc43)c(-c3ccccc3Cl)nc12. The minimum atomic E-state index is 0.310. The van der Waals surface area contributed by atoms with E-state index in [9.17, 15) is 0 Å². The number of benzene rings is 2. The molecule has 0 radical (unpaired) electrons. The van der Waals surface area contributed by atoms with Crippen molar-refractivity contribution >= 4 is 39.5 Å². The summed E-state index contributed by atoms with van der Waals surface area (Å²) >= 11 is 6.59. The quantitative estimate of drug-likeness (QED) is 0.396. The van der Waals surface area contributed by atoms with Gasteiger partial charge in [-0.15, -0.1) is 0 Å². The van der Waals surface area contributed by atoms with Gasteiger partial charge in [0.05, 0.1) is 45.6 Å². The Bertz CT molecular complexity index is 1730. The molecule has 2 aromatic carbocycles. The Morgan fingerprint density at radius 2 is 1.86 bits per heavy atom. The van der Waals surface area contributed by atoms with E-state index in [0.717, 1.165) is 33.4 Å². The van der Waals surface area contributed by atoms with Crippen LogP contribution in [-0.2, 0) is 13.6 Å². The maximum absolute atomic E-state index is 6.59. The van der Waals surface area contributed by atoms with E-state index in [-0.39, 0.29) is 0 Å². The summed E-state index contributed by atoms with van der Waals surface area (Å²) in [5, 5.41) is 10.4. The fourth-order valence-corrected chi connectivity index (χ4v) is 4.49. The minimum Gasteiger partial charge on any atom is -0.383 e. The maximum Gasteiger partial charge on any atom is 0.164 e. The number of anilines is 1. The highest BCUT2D eigenvalue weighted by Gasteiger charge is 2.21. The minimum absolute atomic E-state index is 0.310. The van der Waals surface area contributed by atoms with Gasteiger partial charge < -0.3 is 5.73 Å². The monoisotopic (exact) mass is 481 g/mol. The molecule has 0 aliphatic rings. The molecule has 0 unspecified atom stereocenters. The lowest BCUT2D eigenvalue weighted by atomic mass is 10.1. The molecule has 2 N–H and O–H groups in total. The maximum atomic E-state index is 6.59. The van der Waals surface area contributed by atoms with E-state index < -0.39 is 0 Å². The van der Waals surface area contributed by atoms with Crippen LogP contribution >= 0.6 is 11.6 Å². The smallest absolute Gasteiger partial charge is 0.164 e. The van der Waals surface area contributed by atoms with Crippen LogP contribution in [0, 0.1) is 6.92 Å². The van der Waals surface area contributed by atoms with Crippen molar-refractivity contribution in [2.75, 3.05) is 5.73 Å². The zero-order valence-electron chi connectivity index (χ0n) is 19.0. The topological polar surface area (TPSA) is 113 Å². The van der Waals surface area contributed by atoms with Crippen molar-refractivity contribution in [2.24, 2.45) is 7.05 Å². The molecule has 0 fully saturated rings. The summed E-state index contributed by atoms with van der Waals surface area (Å²) in [5.74, 6) is 0.353. The number of fused-ring (bicyclic) bond motifs is 2. The predicted molar refractivity (Wildman–Crippen MR) is 136 cm³/mol. The third-order valence-corrected chi connectivity index (χ3v) is 6.26. The number of hydrogen-bond acceptors (Lipinski definition) is 7. The fourth-order valence-electron chi connectivity index (χ4n) is 4.26. The number of nitrogens with zero attached hydrogens (tertiary/aromatic N) is 8. The van der Waals surface area contributed by atoms with Crippen LogP contribution in [-0.4, -0.2) is 39.5 Å². The summed E-state index contributed by atoms with van der Waals surface area (Å²) in [6, 6.07) is 13.6. The number of para-hydroxylation sites is 1. The van der Waals surface area contributed by atoms with Crippen LogP contribution in [0.3, 0.4) is 0 Å². The van der Waals surface area contributed by atoms with Gasteiger partial charge in [-0.05, 0) is 24.6 Å². The van der Waals surface area contributed by atoms with Gasteiger partial charge in [-0.25, -0.2) is 24.6 Å². The molecular formula is C25H20ClN9. The molecule has 6 rings (SSSR count). The molecule has 10 heteroatoms. The van der Waals surface area contributed by atoms with Crippen LogP contribution in [0.4, 0.5) is 5.82 Å². The zero-order chi connectivity index (χ0) is 24.1. The highest BCUT2D eigenvalue weighted by molar-refractivity contribution is 6.33. The van der Waals surface area contributed by atoms with E-state index in [0.29, 0.717) is 39.8 Å². The highest BCUT2D eigenvalue weighted by Crippen LogP contribution is 2.33. The molecule has 172 valence electrons. The van der Waals surface area contributed by atoms with Gasteiger partial charge in [0.1, 0.15) is 17.8 Å². The molecule has 4 heterocycles. The van der Waals surface area contributed by atoms with Crippen molar-refractivity contribution in [2.45, 2.75) is 13.5 Å². The molecule has 0 saturated heterocycles. The summed E-state index contributed by atoms with van der Waals surface area (Å²) in [6.07, 6.45) is 5.06.